The highest BCUT2D eigenvalue weighted by Gasteiger charge is 2.36. The van der Waals surface area contributed by atoms with Crippen molar-refractivity contribution < 1.29 is 9.47 Å². The van der Waals surface area contributed by atoms with Crippen LogP contribution in [0.3, 0.4) is 0 Å². The smallest absolute Gasteiger partial charge is 0.191 e. The van der Waals surface area contributed by atoms with E-state index >= 15 is 0 Å². The van der Waals surface area contributed by atoms with Crippen LogP contribution in [0.5, 0.6) is 0 Å². The zero-order valence-corrected chi connectivity index (χ0v) is 18.4. The number of nitrogens with zero attached hydrogens (tertiary/aromatic N) is 2. The Kier molecular flexibility index (Phi) is 8.14. The number of aliphatic imine (C=N–C) groups is 1. The molecule has 7 heteroatoms. The Labute approximate surface area is 173 Å². The molecule has 1 aromatic rings. The van der Waals surface area contributed by atoms with E-state index in [-0.39, 0.29) is 6.10 Å². The minimum Gasteiger partial charge on any atom is -0.385 e. The van der Waals surface area contributed by atoms with E-state index in [2.05, 4.69) is 45.0 Å². The van der Waals surface area contributed by atoms with Crippen molar-refractivity contribution in [3.8, 4) is 0 Å². The van der Waals surface area contributed by atoms with Crippen LogP contribution in [0.25, 0.3) is 0 Å². The van der Waals surface area contributed by atoms with Crippen molar-refractivity contribution in [2.45, 2.75) is 44.8 Å². The molecular weight excluding hydrogens is 372 g/mol. The highest BCUT2D eigenvalue weighted by molar-refractivity contribution is 7.10. The Morgan fingerprint density at radius 3 is 2.93 bits per heavy atom. The number of thiophene rings is 1. The van der Waals surface area contributed by atoms with E-state index in [9.17, 15) is 0 Å². The summed E-state index contributed by atoms with van der Waals surface area (Å²) in [5, 5.41) is 9.32. The van der Waals surface area contributed by atoms with Gasteiger partial charge < -0.3 is 20.1 Å². The number of ether oxygens (including phenoxy) is 2. The highest BCUT2D eigenvalue weighted by Crippen LogP contribution is 2.43. The molecule has 6 nitrogen and oxygen atoms in total. The predicted octanol–water partition coefficient (Wildman–Crippen LogP) is 2.88. The number of rotatable bonds is 9. The monoisotopic (exact) mass is 408 g/mol. The first-order valence-corrected chi connectivity index (χ1v) is 11.4. The van der Waals surface area contributed by atoms with E-state index in [4.69, 9.17) is 9.47 Å². The van der Waals surface area contributed by atoms with Crippen LogP contribution < -0.4 is 10.6 Å². The molecule has 1 aliphatic heterocycles. The third-order valence-electron chi connectivity index (χ3n) is 6.15. The maximum absolute atomic E-state index is 5.74. The maximum atomic E-state index is 5.74. The van der Waals surface area contributed by atoms with Crippen LogP contribution in [-0.4, -0.2) is 70.5 Å². The third-order valence-corrected chi connectivity index (χ3v) is 7.13. The fourth-order valence-corrected chi connectivity index (χ4v) is 5.08. The van der Waals surface area contributed by atoms with E-state index in [1.165, 1.54) is 24.1 Å². The largest absolute Gasteiger partial charge is 0.385 e. The van der Waals surface area contributed by atoms with Crippen LogP contribution in [0.2, 0.25) is 0 Å². The molecule has 158 valence electrons. The predicted molar refractivity (Wildman–Crippen MR) is 116 cm³/mol. The lowest BCUT2D eigenvalue weighted by Crippen LogP contribution is -2.50. The molecule has 2 heterocycles. The molecule has 1 aliphatic carbocycles. The Hall–Kier alpha value is -1.15. The van der Waals surface area contributed by atoms with E-state index in [1.54, 1.807) is 7.11 Å². The Morgan fingerprint density at radius 1 is 1.46 bits per heavy atom. The normalized spacial score (nSPS) is 23.8. The average molecular weight is 409 g/mol. The number of hydrogen-bond donors (Lipinski definition) is 2. The fourth-order valence-electron chi connectivity index (χ4n) is 4.21. The Morgan fingerprint density at radius 2 is 2.32 bits per heavy atom. The quantitative estimate of drug-likeness (QED) is 0.486. The van der Waals surface area contributed by atoms with E-state index in [0.717, 1.165) is 51.8 Å². The summed E-state index contributed by atoms with van der Waals surface area (Å²) in [7, 11) is 3.65. The zero-order chi connectivity index (χ0) is 19.8. The van der Waals surface area contributed by atoms with Crippen LogP contribution in [0.15, 0.2) is 22.5 Å². The van der Waals surface area contributed by atoms with Gasteiger partial charge in [-0.1, -0.05) is 12.5 Å². The molecule has 0 spiro atoms. The van der Waals surface area contributed by atoms with Gasteiger partial charge in [0.25, 0.3) is 0 Å². The summed E-state index contributed by atoms with van der Waals surface area (Å²) in [5.41, 5.74) is 0.375. The molecule has 2 aliphatic rings. The first kappa shape index (κ1) is 21.6. The minimum atomic E-state index is 0.285. The SMILES string of the molecule is CN=C(NCC(c1cccs1)N1CCOC(C)C1)NCC1(CCOC)CCC1. The molecule has 1 saturated carbocycles. The lowest BCUT2D eigenvalue weighted by Gasteiger charge is -2.42. The summed E-state index contributed by atoms with van der Waals surface area (Å²) >= 11 is 1.83. The summed E-state index contributed by atoms with van der Waals surface area (Å²) in [6, 6.07) is 4.72. The maximum Gasteiger partial charge on any atom is 0.191 e. The summed E-state index contributed by atoms with van der Waals surface area (Å²) in [6.45, 7) is 7.55. The van der Waals surface area contributed by atoms with Gasteiger partial charge in [-0.2, -0.15) is 0 Å². The van der Waals surface area contributed by atoms with Gasteiger partial charge in [0.15, 0.2) is 5.96 Å². The van der Waals surface area contributed by atoms with Gasteiger partial charge in [0.2, 0.25) is 0 Å². The van der Waals surface area contributed by atoms with Gasteiger partial charge in [0.1, 0.15) is 0 Å². The van der Waals surface area contributed by atoms with Crippen molar-refractivity contribution in [1.82, 2.24) is 15.5 Å². The molecule has 0 amide bonds. The molecule has 2 N–H and O–H groups in total. The topological polar surface area (TPSA) is 58.1 Å². The van der Waals surface area contributed by atoms with Crippen molar-refractivity contribution in [2.24, 2.45) is 10.4 Å². The average Bonchev–Trinajstić information content (AvgIpc) is 3.20. The van der Waals surface area contributed by atoms with Gasteiger partial charge in [-0.05, 0) is 43.0 Å². The molecule has 0 aromatic carbocycles. The molecule has 2 fully saturated rings. The lowest BCUT2D eigenvalue weighted by atomic mass is 9.67. The highest BCUT2D eigenvalue weighted by atomic mass is 32.1. The van der Waals surface area contributed by atoms with Crippen molar-refractivity contribution >= 4 is 17.3 Å². The molecule has 2 unspecified atom stereocenters. The summed E-state index contributed by atoms with van der Waals surface area (Å²) < 4.78 is 11.1. The summed E-state index contributed by atoms with van der Waals surface area (Å²) in [6.07, 6.45) is 5.30. The zero-order valence-electron chi connectivity index (χ0n) is 17.6. The third kappa shape index (κ3) is 5.69. The van der Waals surface area contributed by atoms with Gasteiger partial charge in [-0.25, -0.2) is 0 Å². The molecule has 0 bridgehead atoms. The molecule has 1 saturated heterocycles. The number of guanidine groups is 1. The van der Waals surface area contributed by atoms with Crippen molar-refractivity contribution in [2.75, 3.05) is 53.6 Å². The molecule has 0 radical (unpaired) electrons. The van der Waals surface area contributed by atoms with Gasteiger partial charge in [-0.3, -0.25) is 9.89 Å². The van der Waals surface area contributed by atoms with Crippen LogP contribution >= 0.6 is 11.3 Å². The van der Waals surface area contributed by atoms with Gasteiger partial charge in [0.05, 0.1) is 18.8 Å². The van der Waals surface area contributed by atoms with Gasteiger partial charge in [-0.15, -0.1) is 11.3 Å². The first-order chi connectivity index (χ1) is 13.7. The standard InChI is InChI=1S/C21H36N4O2S/c1-17-15-25(10-12-27-17)18(19-6-4-13-28-19)14-23-20(22-2)24-16-21(7-5-8-21)9-11-26-3/h4,6,13,17-18H,5,7-12,14-16H2,1-3H3,(H2,22,23,24). The molecular formula is C21H36N4O2S. The summed E-state index contributed by atoms with van der Waals surface area (Å²) in [5.74, 6) is 0.895. The second-order valence-corrected chi connectivity index (χ2v) is 9.09. The number of nitrogens with one attached hydrogen (secondary N) is 2. The van der Waals surface area contributed by atoms with Crippen molar-refractivity contribution in [1.29, 1.82) is 0 Å². The minimum absolute atomic E-state index is 0.285. The molecule has 1 aromatic heterocycles. The van der Waals surface area contributed by atoms with Gasteiger partial charge in [0, 0.05) is 51.8 Å². The molecule has 3 rings (SSSR count). The Bertz CT molecular complexity index is 604. The molecule has 2 atom stereocenters. The van der Waals surface area contributed by atoms with Crippen molar-refractivity contribution in [3.05, 3.63) is 22.4 Å². The van der Waals surface area contributed by atoms with Crippen LogP contribution in [-0.2, 0) is 9.47 Å². The van der Waals surface area contributed by atoms with Crippen molar-refractivity contribution in [3.63, 3.8) is 0 Å². The van der Waals surface area contributed by atoms with Crippen LogP contribution in [0.1, 0.15) is 43.5 Å². The van der Waals surface area contributed by atoms with Crippen LogP contribution in [0.4, 0.5) is 0 Å². The van der Waals surface area contributed by atoms with Crippen LogP contribution in [0, 0.1) is 5.41 Å². The first-order valence-electron chi connectivity index (χ1n) is 10.5. The van der Waals surface area contributed by atoms with Gasteiger partial charge >= 0.3 is 0 Å². The number of methoxy groups -OCH3 is 1. The van der Waals surface area contributed by atoms with E-state index < -0.39 is 0 Å². The second kappa shape index (κ2) is 10.6. The van der Waals surface area contributed by atoms with E-state index in [1.807, 2.05) is 18.4 Å². The van der Waals surface area contributed by atoms with E-state index in [0.29, 0.717) is 11.5 Å². The fraction of sp³-hybridized carbons (Fsp3) is 0.762. The summed E-state index contributed by atoms with van der Waals surface area (Å²) in [4.78, 5) is 8.40. The lowest BCUT2D eigenvalue weighted by molar-refractivity contribution is -0.0334. The second-order valence-electron chi connectivity index (χ2n) is 8.11. The number of hydrogen-bond acceptors (Lipinski definition) is 5. The Balaban J connectivity index is 1.55. The number of morpholine rings is 1. The molecule has 28 heavy (non-hydrogen) atoms.